The van der Waals surface area contributed by atoms with Gasteiger partial charge in [0.1, 0.15) is 36.5 Å². The van der Waals surface area contributed by atoms with E-state index < -0.39 is 35.8 Å². The Morgan fingerprint density at radius 1 is 0.756 bits per heavy atom. The first kappa shape index (κ1) is 74.0. The summed E-state index contributed by atoms with van der Waals surface area (Å²) in [6, 6.07) is 20.0. The number of rotatable bonds is 26. The van der Waals surface area contributed by atoms with Crippen LogP contribution in [0, 0.1) is 5.92 Å². The molecule has 3 aliphatic rings. The lowest BCUT2D eigenvalue weighted by molar-refractivity contribution is -0.136. The Morgan fingerprint density at radius 2 is 1.41 bits per heavy atom. The average molecular weight is 1200 g/mol. The number of carbonyl (C=O) groups is 8. The molecule has 0 saturated carbocycles. The number of benzene rings is 4. The fourth-order valence-corrected chi connectivity index (χ4v) is 9.01. The standard InChI is InChI=1S/C24H31NO6.C15H12N2O6.C13H18O4.C6H13N.C5H12O.CH5N/c1-4-5-14-25-24(27)16-30-20-9-7-6-8-19(20)21(31-17-26)12-10-18-11-13-22(28-2)23(15-18)29-3;18-6-7-23-10-3-1-2-8-12(10)15(22)17(14(8)21)9-4-5-11(19)16-13(9)20;1-5-9(8-14)10-6-11(15-2)13(17-4)12(7-10)16-3;1-7-5-3-2-4-6-7;1-5(2)4-6-3;1-2/h6-9,11,13,15,17,21H,4-5,10,12,14,16H2,1-3H3,(H,25,27);1-3,6,9H,4-5,7H2,(H,16,19,20);6-9H,5H2,1-4H3;2-6H2,1H3;5H,4H2,1-3H3;2H2,1H3. The molecular weight excluding hydrogens is 1110 g/mol. The number of nitrogens with one attached hydrogen (secondary N) is 2. The molecule has 22 nitrogen and oxygen atoms in total. The van der Waals surface area contributed by atoms with Gasteiger partial charge < -0.3 is 63.4 Å². The molecule has 4 aromatic carbocycles. The van der Waals surface area contributed by atoms with E-state index in [1.807, 2.05) is 55.5 Å². The number of amides is 5. The highest BCUT2D eigenvalue weighted by atomic mass is 16.5. The fourth-order valence-electron chi connectivity index (χ4n) is 9.01. The Kier molecular flexibility index (Phi) is 36.0. The number of ether oxygens (including phenoxy) is 9. The van der Waals surface area contributed by atoms with Gasteiger partial charge >= 0.3 is 0 Å². The molecule has 4 aromatic rings. The molecule has 0 aliphatic carbocycles. The van der Waals surface area contributed by atoms with Crippen LogP contribution in [0.2, 0.25) is 0 Å². The van der Waals surface area contributed by atoms with Crippen LogP contribution in [0.3, 0.4) is 0 Å². The van der Waals surface area contributed by atoms with Crippen LogP contribution in [0.25, 0.3) is 0 Å². The lowest BCUT2D eigenvalue weighted by Gasteiger charge is -2.27. The van der Waals surface area contributed by atoms with Crippen molar-refractivity contribution in [1.29, 1.82) is 0 Å². The number of imide groups is 2. The minimum Gasteiger partial charge on any atom is -0.493 e. The van der Waals surface area contributed by atoms with Crippen LogP contribution in [-0.2, 0) is 44.7 Å². The average Bonchev–Trinajstić information content (AvgIpc) is 2.02. The number of nitrogens with zero attached hydrogens (tertiary/aromatic N) is 2. The minimum absolute atomic E-state index is 0.0315. The second kappa shape index (κ2) is 41.9. The highest BCUT2D eigenvalue weighted by molar-refractivity contribution is 6.24. The second-order valence-electron chi connectivity index (χ2n) is 19.9. The van der Waals surface area contributed by atoms with Crippen LogP contribution >= 0.6 is 0 Å². The Labute approximate surface area is 506 Å². The first-order chi connectivity index (χ1) is 41.5. The van der Waals surface area contributed by atoms with Crippen molar-refractivity contribution in [1.82, 2.24) is 20.4 Å². The van der Waals surface area contributed by atoms with Crippen molar-refractivity contribution >= 4 is 48.6 Å². The van der Waals surface area contributed by atoms with Crippen molar-refractivity contribution in [3.8, 4) is 40.2 Å². The van der Waals surface area contributed by atoms with Crippen LogP contribution < -0.4 is 49.5 Å². The van der Waals surface area contributed by atoms with Crippen LogP contribution in [0.15, 0.2) is 72.8 Å². The van der Waals surface area contributed by atoms with E-state index in [0.717, 1.165) is 53.7 Å². The zero-order valence-electron chi connectivity index (χ0n) is 52.2. The molecule has 86 heavy (non-hydrogen) atoms. The number of fused-ring (bicyclic) bond motifs is 1. The number of likely N-dealkylation sites (tertiary alicyclic amines) is 1. The SMILES string of the molecule is CCC(C=O)c1cc(OC)c(OC)c(OC)c1.CCCCNC(=O)COc1ccccc1C(CCc1ccc(OC)c(OC)c1)OC=O.CN.CN1CCCCC1.COCC(C)C.O=CCOc1cccc2c1C(=O)N(C1CCC(=O)NC1=O)C2=O. The maximum Gasteiger partial charge on any atom is 0.293 e. The molecule has 474 valence electrons. The van der Waals surface area contributed by atoms with Gasteiger partial charge in [-0.2, -0.15) is 0 Å². The minimum atomic E-state index is -1.03. The maximum absolute atomic E-state index is 12.6. The first-order valence-corrected chi connectivity index (χ1v) is 28.7. The first-order valence-electron chi connectivity index (χ1n) is 28.7. The van der Waals surface area contributed by atoms with E-state index in [1.54, 1.807) is 48.7 Å². The zero-order chi connectivity index (χ0) is 64.0. The van der Waals surface area contributed by atoms with Crippen LogP contribution in [0.5, 0.6) is 40.2 Å². The van der Waals surface area contributed by atoms with Crippen LogP contribution in [-0.4, -0.2) is 161 Å². The lowest BCUT2D eigenvalue weighted by Crippen LogP contribution is -2.54. The fraction of sp³-hybridized carbons (Fsp3) is 0.500. The number of methoxy groups -OCH3 is 6. The molecule has 3 unspecified atom stereocenters. The molecule has 4 N–H and O–H groups in total. The van der Waals surface area contributed by atoms with Crippen molar-refractivity contribution in [2.24, 2.45) is 11.7 Å². The molecule has 2 saturated heterocycles. The zero-order valence-corrected chi connectivity index (χ0v) is 52.2. The largest absolute Gasteiger partial charge is 0.493 e. The van der Waals surface area contributed by atoms with Crippen molar-refractivity contribution in [2.75, 3.05) is 96.2 Å². The third-order valence-electron chi connectivity index (χ3n) is 13.4. The van der Waals surface area contributed by atoms with Crippen molar-refractivity contribution in [2.45, 2.75) is 110 Å². The van der Waals surface area contributed by atoms with Crippen molar-refractivity contribution < 1.29 is 81.0 Å². The van der Waals surface area contributed by atoms with Crippen molar-refractivity contribution in [3.63, 3.8) is 0 Å². The Morgan fingerprint density at radius 3 is 1.93 bits per heavy atom. The van der Waals surface area contributed by atoms with Crippen LogP contribution in [0.4, 0.5) is 0 Å². The molecular formula is C64H91N5O17. The molecule has 0 spiro atoms. The molecule has 3 heterocycles. The van der Waals surface area contributed by atoms with Crippen molar-refractivity contribution in [3.05, 3.63) is 101 Å². The molecule has 7 rings (SSSR count). The molecule has 2 fully saturated rings. The van der Waals surface area contributed by atoms with E-state index in [2.05, 4.69) is 49.1 Å². The smallest absolute Gasteiger partial charge is 0.293 e. The van der Waals surface area contributed by atoms with Gasteiger partial charge in [0.2, 0.25) is 17.6 Å². The predicted molar refractivity (Wildman–Crippen MR) is 326 cm³/mol. The third-order valence-corrected chi connectivity index (χ3v) is 13.4. The number of nitrogens with two attached hydrogens (primary N) is 1. The number of carbonyl (C=O) groups excluding carboxylic acids is 8. The molecule has 0 bridgehead atoms. The predicted octanol–water partition coefficient (Wildman–Crippen LogP) is 7.88. The van der Waals surface area contributed by atoms with Gasteiger partial charge in [0.25, 0.3) is 24.2 Å². The van der Waals surface area contributed by atoms with Gasteiger partial charge in [0.15, 0.2) is 35.9 Å². The summed E-state index contributed by atoms with van der Waals surface area (Å²) in [5.41, 5.74) is 7.26. The number of aldehydes is 2. The Hall–Kier alpha value is -8.08. The summed E-state index contributed by atoms with van der Waals surface area (Å²) < 4.78 is 47.4. The maximum atomic E-state index is 12.6. The lowest BCUT2D eigenvalue weighted by atomic mass is 9.97. The summed E-state index contributed by atoms with van der Waals surface area (Å²) in [5, 5.41) is 4.94. The van der Waals surface area contributed by atoms with Gasteiger partial charge in [0.05, 0.1) is 46.7 Å². The molecule has 0 radical (unpaired) electrons. The summed E-state index contributed by atoms with van der Waals surface area (Å²) in [5.74, 6) is 1.58. The number of piperidine rings is 2. The normalized spacial score (nSPS) is 14.7. The monoisotopic (exact) mass is 1200 g/mol. The molecule has 22 heteroatoms. The Balaban J connectivity index is 0.000000403. The Bertz CT molecular complexity index is 2710. The molecule has 3 atom stereocenters. The van der Waals surface area contributed by atoms with Crippen LogP contribution in [0.1, 0.15) is 135 Å². The van der Waals surface area contributed by atoms with E-state index in [9.17, 15) is 38.4 Å². The highest BCUT2D eigenvalue weighted by Crippen LogP contribution is 2.40. The number of aryl methyl sites for hydroxylation is 1. The van der Waals surface area contributed by atoms with Gasteiger partial charge in [-0.3, -0.25) is 43.8 Å². The summed E-state index contributed by atoms with van der Waals surface area (Å²) in [6.07, 6.45) is 9.22. The number of unbranched alkanes of at least 4 members (excludes halogenated alkanes) is 1. The van der Waals surface area contributed by atoms with E-state index in [1.165, 1.54) is 57.6 Å². The summed E-state index contributed by atoms with van der Waals surface area (Å²) >= 11 is 0. The molecule has 3 aliphatic heterocycles. The second-order valence-corrected chi connectivity index (χ2v) is 19.9. The van der Waals surface area contributed by atoms with Gasteiger partial charge in [-0.25, -0.2) is 0 Å². The quantitative estimate of drug-likeness (QED) is 0.0306. The van der Waals surface area contributed by atoms with Gasteiger partial charge in [-0.15, -0.1) is 0 Å². The van der Waals surface area contributed by atoms with E-state index in [-0.39, 0.29) is 54.8 Å². The van der Waals surface area contributed by atoms with E-state index in [4.69, 9.17) is 42.6 Å². The summed E-state index contributed by atoms with van der Waals surface area (Å²) in [4.78, 5) is 96.0. The number of hydrogen-bond donors (Lipinski definition) is 3. The molecule has 0 aromatic heterocycles. The van der Waals surface area contributed by atoms with E-state index >= 15 is 0 Å². The van der Waals surface area contributed by atoms with Gasteiger partial charge in [0, 0.05) is 38.2 Å². The van der Waals surface area contributed by atoms with Gasteiger partial charge in [-0.1, -0.05) is 70.9 Å². The van der Waals surface area contributed by atoms with E-state index in [0.29, 0.717) is 72.6 Å². The number of hydrogen-bond acceptors (Lipinski definition) is 19. The highest BCUT2D eigenvalue weighted by Gasteiger charge is 2.46. The number of para-hydroxylation sites is 1. The summed E-state index contributed by atoms with van der Waals surface area (Å²) in [6.45, 7) is 12.5. The molecule has 5 amide bonds. The topological polar surface area (TPSA) is 276 Å². The van der Waals surface area contributed by atoms with Gasteiger partial charge in [-0.05, 0) is 132 Å². The summed E-state index contributed by atoms with van der Waals surface area (Å²) in [7, 11) is 13.3. The third kappa shape index (κ3) is 23.8.